The van der Waals surface area contributed by atoms with Crippen molar-refractivity contribution >= 4 is 23.2 Å². The van der Waals surface area contributed by atoms with Gasteiger partial charge in [-0.15, -0.1) is 11.3 Å². The van der Waals surface area contributed by atoms with E-state index in [0.717, 1.165) is 23.5 Å². The second-order valence-corrected chi connectivity index (χ2v) is 9.06. The summed E-state index contributed by atoms with van der Waals surface area (Å²) in [7, 11) is 0. The lowest BCUT2D eigenvalue weighted by molar-refractivity contribution is -0.925. The Balaban J connectivity index is 1.65. The summed E-state index contributed by atoms with van der Waals surface area (Å²) in [6.07, 6.45) is 3.04. The van der Waals surface area contributed by atoms with Crippen LogP contribution in [0.15, 0.2) is 29.3 Å². The SMILES string of the molecule is Cc1ccsc1/C=C1\Oc2c(ccc([O-])c2C[NH+]2CC(C)CC(C)C2)C1=O. The van der Waals surface area contributed by atoms with E-state index >= 15 is 0 Å². The number of piperidine rings is 1. The van der Waals surface area contributed by atoms with Crippen LogP contribution in [0.1, 0.15) is 46.6 Å². The minimum absolute atomic E-state index is 0.0338. The number of hydrogen-bond acceptors (Lipinski definition) is 4. The Hall–Kier alpha value is -2.11. The lowest BCUT2D eigenvalue weighted by Gasteiger charge is -2.33. The third-order valence-electron chi connectivity index (χ3n) is 5.57. The Morgan fingerprint density at radius 1 is 1.26 bits per heavy atom. The number of allylic oxidation sites excluding steroid dienone is 1. The maximum absolute atomic E-state index is 12.8. The van der Waals surface area contributed by atoms with Crippen LogP contribution in [-0.4, -0.2) is 18.9 Å². The van der Waals surface area contributed by atoms with Gasteiger partial charge in [0.2, 0.25) is 5.78 Å². The van der Waals surface area contributed by atoms with Crippen molar-refractivity contribution in [2.24, 2.45) is 11.8 Å². The smallest absolute Gasteiger partial charge is 0.232 e. The molecule has 1 aromatic carbocycles. The number of thiophene rings is 1. The summed E-state index contributed by atoms with van der Waals surface area (Å²) < 4.78 is 5.96. The summed E-state index contributed by atoms with van der Waals surface area (Å²) in [5.41, 5.74) is 2.27. The van der Waals surface area contributed by atoms with Crippen LogP contribution in [0.5, 0.6) is 11.5 Å². The van der Waals surface area contributed by atoms with Crippen molar-refractivity contribution in [1.29, 1.82) is 0 Å². The Morgan fingerprint density at radius 3 is 2.67 bits per heavy atom. The molecule has 0 spiro atoms. The van der Waals surface area contributed by atoms with Gasteiger partial charge < -0.3 is 14.7 Å². The predicted octanol–water partition coefficient (Wildman–Crippen LogP) is 2.81. The van der Waals surface area contributed by atoms with E-state index in [-0.39, 0.29) is 11.5 Å². The summed E-state index contributed by atoms with van der Waals surface area (Å²) >= 11 is 1.58. The van der Waals surface area contributed by atoms with Crippen LogP contribution in [0, 0.1) is 18.8 Å². The van der Waals surface area contributed by atoms with Crippen LogP contribution in [0.3, 0.4) is 0 Å². The van der Waals surface area contributed by atoms with Gasteiger partial charge in [0.1, 0.15) is 12.3 Å². The predicted molar refractivity (Wildman–Crippen MR) is 105 cm³/mol. The molecule has 1 aromatic heterocycles. The maximum atomic E-state index is 12.8. The molecule has 1 fully saturated rings. The first-order valence-corrected chi connectivity index (χ1v) is 10.4. The third kappa shape index (κ3) is 3.54. The highest BCUT2D eigenvalue weighted by Gasteiger charge is 2.32. The van der Waals surface area contributed by atoms with Gasteiger partial charge in [-0.25, -0.2) is 0 Å². The number of carbonyl (C=O) groups is 1. The van der Waals surface area contributed by atoms with E-state index in [2.05, 4.69) is 13.8 Å². The standard InChI is InChI=1S/C22H25NO3S/c1-13-8-14(2)11-23(10-13)12-17-18(24)5-4-16-21(25)19(26-22(16)17)9-20-15(3)6-7-27-20/h4-7,9,13-14,24H,8,10-12H2,1-3H3/b19-9-. The number of nitrogens with one attached hydrogen (secondary N) is 1. The zero-order chi connectivity index (χ0) is 19.1. The molecule has 2 aliphatic rings. The van der Waals surface area contributed by atoms with Gasteiger partial charge in [0.25, 0.3) is 0 Å². The first-order chi connectivity index (χ1) is 12.9. The van der Waals surface area contributed by atoms with Gasteiger partial charge in [0.15, 0.2) is 5.76 Å². The minimum Gasteiger partial charge on any atom is -0.872 e. The van der Waals surface area contributed by atoms with Gasteiger partial charge >= 0.3 is 0 Å². The highest BCUT2D eigenvalue weighted by molar-refractivity contribution is 7.11. The molecule has 3 heterocycles. The Labute approximate surface area is 164 Å². The number of benzene rings is 1. The summed E-state index contributed by atoms with van der Waals surface area (Å²) in [5.74, 6) is 1.93. The molecule has 142 valence electrons. The molecule has 1 saturated heterocycles. The van der Waals surface area contributed by atoms with E-state index < -0.39 is 0 Å². The number of ketones is 1. The number of quaternary nitrogens is 1. The zero-order valence-electron chi connectivity index (χ0n) is 16.0. The molecule has 2 unspecified atom stereocenters. The van der Waals surface area contributed by atoms with Gasteiger partial charge in [-0.2, -0.15) is 0 Å². The second kappa shape index (κ2) is 7.13. The lowest BCUT2D eigenvalue weighted by atomic mass is 9.91. The Morgan fingerprint density at radius 2 is 2.00 bits per heavy atom. The van der Waals surface area contributed by atoms with Crippen LogP contribution in [0.2, 0.25) is 0 Å². The van der Waals surface area contributed by atoms with E-state index in [1.54, 1.807) is 23.5 Å². The van der Waals surface area contributed by atoms with Gasteiger partial charge in [-0.3, -0.25) is 4.79 Å². The molecule has 0 radical (unpaired) electrons. The zero-order valence-corrected chi connectivity index (χ0v) is 16.8. The molecule has 0 saturated carbocycles. The van der Waals surface area contributed by atoms with Crippen molar-refractivity contribution in [3.63, 3.8) is 0 Å². The first kappa shape index (κ1) is 18.3. The van der Waals surface area contributed by atoms with E-state index in [4.69, 9.17) is 4.74 Å². The van der Waals surface area contributed by atoms with Crippen molar-refractivity contribution in [2.75, 3.05) is 13.1 Å². The fraction of sp³-hybridized carbons (Fsp3) is 0.409. The van der Waals surface area contributed by atoms with Crippen molar-refractivity contribution in [1.82, 2.24) is 0 Å². The quantitative estimate of drug-likeness (QED) is 0.830. The largest absolute Gasteiger partial charge is 0.872 e. The molecule has 4 nitrogen and oxygen atoms in total. The maximum Gasteiger partial charge on any atom is 0.232 e. The van der Waals surface area contributed by atoms with E-state index in [1.165, 1.54) is 17.4 Å². The molecule has 0 bridgehead atoms. The van der Waals surface area contributed by atoms with Gasteiger partial charge in [0, 0.05) is 28.4 Å². The van der Waals surface area contributed by atoms with Gasteiger partial charge in [-0.1, -0.05) is 25.7 Å². The number of likely N-dealkylation sites (tertiary alicyclic amines) is 1. The minimum atomic E-state index is -0.130. The van der Waals surface area contributed by atoms with E-state index in [9.17, 15) is 9.90 Å². The van der Waals surface area contributed by atoms with Crippen molar-refractivity contribution < 1.29 is 19.5 Å². The molecule has 1 N–H and O–H groups in total. The lowest BCUT2D eigenvalue weighted by Crippen LogP contribution is -3.13. The Bertz CT molecular complexity index is 904. The summed E-state index contributed by atoms with van der Waals surface area (Å²) in [4.78, 5) is 15.2. The highest BCUT2D eigenvalue weighted by atomic mass is 32.1. The van der Waals surface area contributed by atoms with Crippen LogP contribution < -0.4 is 14.7 Å². The van der Waals surface area contributed by atoms with Crippen LogP contribution in [0.25, 0.3) is 6.08 Å². The number of hydrogen-bond donors (Lipinski definition) is 1. The van der Waals surface area contributed by atoms with E-state index in [1.807, 2.05) is 18.4 Å². The second-order valence-electron chi connectivity index (χ2n) is 8.11. The molecule has 27 heavy (non-hydrogen) atoms. The highest BCUT2D eigenvalue weighted by Crippen LogP contribution is 2.38. The van der Waals surface area contributed by atoms with Crippen molar-refractivity contribution in [2.45, 2.75) is 33.7 Å². The first-order valence-electron chi connectivity index (χ1n) is 9.57. The van der Waals surface area contributed by atoms with Crippen LogP contribution in [-0.2, 0) is 6.54 Å². The van der Waals surface area contributed by atoms with Crippen LogP contribution >= 0.6 is 11.3 Å². The molecule has 0 aliphatic carbocycles. The molecule has 2 atom stereocenters. The summed E-state index contributed by atoms with van der Waals surface area (Å²) in [6, 6.07) is 5.15. The fourth-order valence-electron chi connectivity index (χ4n) is 4.42. The summed E-state index contributed by atoms with van der Waals surface area (Å²) in [6.45, 7) is 9.28. The van der Waals surface area contributed by atoms with Crippen LogP contribution in [0.4, 0.5) is 0 Å². The molecule has 2 aromatic rings. The van der Waals surface area contributed by atoms with E-state index in [0.29, 0.717) is 41.0 Å². The number of rotatable bonds is 3. The molecular weight excluding hydrogens is 358 g/mol. The fourth-order valence-corrected chi connectivity index (χ4v) is 5.27. The molecule has 2 aliphatic heterocycles. The van der Waals surface area contributed by atoms with Gasteiger partial charge in [0.05, 0.1) is 18.7 Å². The number of ether oxygens (including phenoxy) is 1. The molecule has 4 rings (SSSR count). The average molecular weight is 384 g/mol. The monoisotopic (exact) mass is 383 g/mol. The third-order valence-corrected chi connectivity index (χ3v) is 6.53. The molecule has 0 amide bonds. The average Bonchev–Trinajstić information content (AvgIpc) is 3.14. The summed E-state index contributed by atoms with van der Waals surface area (Å²) in [5, 5.41) is 14.6. The van der Waals surface area contributed by atoms with Gasteiger partial charge in [-0.05, 0) is 36.4 Å². The number of fused-ring (bicyclic) bond motifs is 1. The van der Waals surface area contributed by atoms with Crippen molar-refractivity contribution in [3.05, 3.63) is 50.9 Å². The number of aryl methyl sites for hydroxylation is 1. The number of Topliss-reactive ketones (excluding diaryl/α,β-unsaturated/α-hetero) is 1. The normalized spacial score (nSPS) is 26.3. The topological polar surface area (TPSA) is 53.8 Å². The molecular formula is C22H25NO3S. The molecule has 5 heteroatoms. The number of carbonyl (C=O) groups excluding carboxylic acids is 1. The van der Waals surface area contributed by atoms with Crippen molar-refractivity contribution in [3.8, 4) is 11.5 Å². The Kier molecular flexibility index (Phi) is 4.82.